The highest BCUT2D eigenvalue weighted by Gasteiger charge is 2.14. The first-order chi connectivity index (χ1) is 13.1. The van der Waals surface area contributed by atoms with Gasteiger partial charge in [-0.15, -0.1) is 5.10 Å². The molecule has 0 saturated carbocycles. The molecule has 0 saturated heterocycles. The normalized spacial score (nSPS) is 10.9. The predicted molar refractivity (Wildman–Crippen MR) is 104 cm³/mol. The lowest BCUT2D eigenvalue weighted by Gasteiger charge is -2.09. The summed E-state index contributed by atoms with van der Waals surface area (Å²) in [4.78, 5) is 4.27. The minimum atomic E-state index is 0.0298. The molecule has 27 heavy (non-hydrogen) atoms. The Morgan fingerprint density at radius 2 is 1.85 bits per heavy atom. The van der Waals surface area contributed by atoms with Gasteiger partial charge in [-0.1, -0.05) is 0 Å². The van der Waals surface area contributed by atoms with Crippen LogP contribution in [0.25, 0.3) is 16.9 Å². The molecule has 1 aromatic carbocycles. The number of rotatable bonds is 8. The van der Waals surface area contributed by atoms with E-state index < -0.39 is 0 Å². The molecule has 0 radical (unpaired) electrons. The molecule has 2 aromatic heterocycles. The van der Waals surface area contributed by atoms with Gasteiger partial charge in [0.15, 0.2) is 0 Å². The molecule has 2 N–H and O–H groups in total. The van der Waals surface area contributed by atoms with Gasteiger partial charge in [0.05, 0.1) is 30.8 Å². The summed E-state index contributed by atoms with van der Waals surface area (Å²) in [7, 11) is 1.59. The molecule has 2 heterocycles. The summed E-state index contributed by atoms with van der Waals surface area (Å²) in [6.07, 6.45) is 1.75. The van der Waals surface area contributed by atoms with Crippen molar-refractivity contribution >= 4 is 0 Å². The molecule has 0 aliphatic rings. The minimum absolute atomic E-state index is 0.0298. The van der Waals surface area contributed by atoms with Crippen molar-refractivity contribution < 1.29 is 14.2 Å². The molecule has 0 atom stereocenters. The zero-order chi connectivity index (χ0) is 19.2. The van der Waals surface area contributed by atoms with Crippen molar-refractivity contribution in [2.24, 2.45) is 5.73 Å². The molecule has 0 fully saturated rings. The van der Waals surface area contributed by atoms with Crippen molar-refractivity contribution in [1.29, 1.82) is 0 Å². The molecular weight excluding hydrogens is 344 g/mol. The van der Waals surface area contributed by atoms with Crippen molar-refractivity contribution in [2.75, 3.05) is 20.3 Å². The number of hydrogen-bond donors (Lipinski definition) is 1. The van der Waals surface area contributed by atoms with E-state index in [9.17, 15) is 0 Å². The molecule has 7 nitrogen and oxygen atoms in total. The van der Waals surface area contributed by atoms with Gasteiger partial charge < -0.3 is 19.9 Å². The topological polar surface area (TPSA) is 84.4 Å². The average Bonchev–Trinajstić information content (AvgIpc) is 3.10. The van der Waals surface area contributed by atoms with E-state index in [-0.39, 0.29) is 6.10 Å². The van der Waals surface area contributed by atoms with E-state index >= 15 is 0 Å². The molecule has 142 valence electrons. The number of hydrogen-bond acceptors (Lipinski definition) is 6. The average molecular weight is 368 g/mol. The highest BCUT2D eigenvalue weighted by Crippen LogP contribution is 2.29. The van der Waals surface area contributed by atoms with Gasteiger partial charge in [-0.3, -0.25) is 0 Å². The number of aromatic nitrogens is 3. The summed E-state index contributed by atoms with van der Waals surface area (Å²) >= 11 is 0. The summed E-state index contributed by atoms with van der Waals surface area (Å²) < 4.78 is 18.3. The number of ether oxygens (including phenoxy) is 3. The van der Waals surface area contributed by atoms with Gasteiger partial charge in [0.1, 0.15) is 12.4 Å². The van der Waals surface area contributed by atoms with Crippen LogP contribution in [0.3, 0.4) is 0 Å². The molecule has 0 amide bonds. The lowest BCUT2D eigenvalue weighted by atomic mass is 10.1. The van der Waals surface area contributed by atoms with Crippen LogP contribution in [0.4, 0.5) is 0 Å². The maximum Gasteiger partial charge on any atom is 0.234 e. The van der Waals surface area contributed by atoms with E-state index in [1.807, 2.05) is 50.2 Å². The lowest BCUT2D eigenvalue weighted by Crippen LogP contribution is -2.10. The molecule has 7 heteroatoms. The predicted octanol–water partition coefficient (Wildman–Crippen LogP) is 3.07. The first-order valence-corrected chi connectivity index (χ1v) is 8.81. The van der Waals surface area contributed by atoms with Gasteiger partial charge in [0.2, 0.25) is 11.8 Å². The van der Waals surface area contributed by atoms with Crippen LogP contribution >= 0.6 is 0 Å². The third-order valence-corrected chi connectivity index (χ3v) is 3.75. The summed E-state index contributed by atoms with van der Waals surface area (Å²) in [5.74, 6) is 1.88. The molecule has 0 spiro atoms. The Labute approximate surface area is 158 Å². The van der Waals surface area contributed by atoms with E-state index in [1.165, 1.54) is 0 Å². The van der Waals surface area contributed by atoms with Crippen molar-refractivity contribution in [3.63, 3.8) is 0 Å². The monoisotopic (exact) mass is 368 g/mol. The van der Waals surface area contributed by atoms with Gasteiger partial charge in [-0.05, 0) is 44.2 Å². The van der Waals surface area contributed by atoms with Gasteiger partial charge in [-0.2, -0.15) is 0 Å². The Morgan fingerprint density at radius 1 is 1.07 bits per heavy atom. The Balaban J connectivity index is 1.97. The van der Waals surface area contributed by atoms with Gasteiger partial charge in [-0.25, -0.2) is 9.67 Å². The third-order valence-electron chi connectivity index (χ3n) is 3.75. The van der Waals surface area contributed by atoms with Crippen molar-refractivity contribution in [3.8, 4) is 34.5 Å². The Kier molecular flexibility index (Phi) is 5.93. The van der Waals surface area contributed by atoms with Crippen LogP contribution in [-0.2, 0) is 0 Å². The first-order valence-electron chi connectivity index (χ1n) is 8.81. The number of nitrogens with two attached hydrogens (primary N) is 1. The van der Waals surface area contributed by atoms with E-state index in [2.05, 4.69) is 10.1 Å². The third kappa shape index (κ3) is 4.57. The lowest BCUT2D eigenvalue weighted by molar-refractivity contribution is 0.231. The van der Waals surface area contributed by atoms with Gasteiger partial charge >= 0.3 is 0 Å². The minimum Gasteiger partial charge on any atom is -0.492 e. The largest absolute Gasteiger partial charge is 0.492 e. The number of nitrogens with zero attached hydrogens (tertiary/aromatic N) is 3. The SMILES string of the molecule is COc1ccc(-n2nc(OC(C)C)cc2-c2ccc(OCCN)cc2)cn1. The quantitative estimate of drug-likeness (QED) is 0.658. The van der Waals surface area contributed by atoms with E-state index in [4.69, 9.17) is 19.9 Å². The zero-order valence-corrected chi connectivity index (χ0v) is 15.8. The Bertz CT molecular complexity index is 858. The van der Waals surface area contributed by atoms with Crippen LogP contribution in [0.2, 0.25) is 0 Å². The maximum atomic E-state index is 5.78. The van der Waals surface area contributed by atoms with Gasteiger partial charge in [0.25, 0.3) is 0 Å². The van der Waals surface area contributed by atoms with Crippen molar-refractivity contribution in [3.05, 3.63) is 48.7 Å². The molecule has 0 aliphatic carbocycles. The molecule has 3 aromatic rings. The maximum absolute atomic E-state index is 5.78. The molecule has 0 bridgehead atoms. The highest BCUT2D eigenvalue weighted by atomic mass is 16.5. The Morgan fingerprint density at radius 3 is 2.44 bits per heavy atom. The fraction of sp³-hybridized carbons (Fsp3) is 0.300. The van der Waals surface area contributed by atoms with E-state index in [0.717, 1.165) is 22.7 Å². The summed E-state index contributed by atoms with van der Waals surface area (Å²) in [6, 6.07) is 13.4. The Hall–Kier alpha value is -3.06. The van der Waals surface area contributed by atoms with Crippen LogP contribution in [0.1, 0.15) is 13.8 Å². The molecule has 0 aliphatic heterocycles. The summed E-state index contributed by atoms with van der Waals surface area (Å²) in [5.41, 5.74) is 8.17. The van der Waals surface area contributed by atoms with Crippen LogP contribution in [0.5, 0.6) is 17.5 Å². The number of methoxy groups -OCH3 is 1. The fourth-order valence-corrected chi connectivity index (χ4v) is 2.58. The van der Waals surface area contributed by atoms with Crippen LogP contribution in [0, 0.1) is 0 Å². The van der Waals surface area contributed by atoms with Crippen LogP contribution < -0.4 is 19.9 Å². The van der Waals surface area contributed by atoms with E-state index in [0.29, 0.717) is 24.9 Å². The smallest absolute Gasteiger partial charge is 0.234 e. The summed E-state index contributed by atoms with van der Waals surface area (Å²) in [5, 5.41) is 4.59. The molecule has 0 unspecified atom stereocenters. The van der Waals surface area contributed by atoms with Crippen molar-refractivity contribution in [1.82, 2.24) is 14.8 Å². The van der Waals surface area contributed by atoms with Crippen LogP contribution in [-0.4, -0.2) is 41.1 Å². The van der Waals surface area contributed by atoms with Crippen molar-refractivity contribution in [2.45, 2.75) is 20.0 Å². The zero-order valence-electron chi connectivity index (χ0n) is 15.8. The number of pyridine rings is 1. The second kappa shape index (κ2) is 8.55. The highest BCUT2D eigenvalue weighted by molar-refractivity contribution is 5.64. The van der Waals surface area contributed by atoms with Gasteiger partial charge in [0, 0.05) is 24.2 Å². The fourth-order valence-electron chi connectivity index (χ4n) is 2.58. The van der Waals surface area contributed by atoms with Crippen LogP contribution in [0.15, 0.2) is 48.7 Å². The first kappa shape index (κ1) is 18.7. The molecular formula is C20H24N4O3. The standard InChI is InChI=1S/C20H24N4O3/c1-14(2)27-20-12-18(15-4-7-17(8-5-15)26-11-10-21)24(23-20)16-6-9-19(25-3)22-13-16/h4-9,12-14H,10-11,21H2,1-3H3. The summed E-state index contributed by atoms with van der Waals surface area (Å²) in [6.45, 7) is 4.91. The second-order valence-electron chi connectivity index (χ2n) is 6.17. The number of benzene rings is 1. The molecule has 3 rings (SSSR count). The van der Waals surface area contributed by atoms with E-state index in [1.54, 1.807) is 24.1 Å². The second-order valence-corrected chi connectivity index (χ2v) is 6.17.